The van der Waals surface area contributed by atoms with Crippen LogP contribution in [0.3, 0.4) is 0 Å². The summed E-state index contributed by atoms with van der Waals surface area (Å²) in [5, 5.41) is 0.926. The second-order valence-corrected chi connectivity index (χ2v) is 5.42. The van der Waals surface area contributed by atoms with Gasteiger partial charge in [0, 0.05) is 5.56 Å². The van der Waals surface area contributed by atoms with Crippen LogP contribution in [0.15, 0.2) is 0 Å². The standard InChI is InChI=1S/C13H18N4OS/c1-5-7-16-8-15(4)9-17(13(16)18)12-10(3)11(6-2)14-19-12/h1H,6-9H2,2-4H3. The van der Waals surface area contributed by atoms with Crippen LogP contribution in [0.25, 0.3) is 0 Å². The second kappa shape index (κ2) is 5.59. The van der Waals surface area contributed by atoms with Crippen LogP contribution in [-0.4, -0.2) is 47.1 Å². The Hall–Kier alpha value is -1.58. The molecule has 0 saturated carbocycles. The number of carbonyl (C=O) groups excluding carboxylic acids is 1. The quantitative estimate of drug-likeness (QED) is 0.791. The molecule has 0 atom stereocenters. The Morgan fingerprint density at radius 3 is 2.79 bits per heavy atom. The molecule has 6 heteroatoms. The zero-order chi connectivity index (χ0) is 14.0. The minimum absolute atomic E-state index is 0.0366. The van der Waals surface area contributed by atoms with Crippen molar-refractivity contribution in [3.8, 4) is 12.3 Å². The van der Waals surface area contributed by atoms with Gasteiger partial charge in [-0.3, -0.25) is 9.80 Å². The summed E-state index contributed by atoms with van der Waals surface area (Å²) < 4.78 is 4.41. The summed E-state index contributed by atoms with van der Waals surface area (Å²) in [6, 6.07) is -0.0366. The fourth-order valence-electron chi connectivity index (χ4n) is 2.19. The van der Waals surface area contributed by atoms with Gasteiger partial charge in [-0.25, -0.2) is 4.79 Å². The number of anilines is 1. The highest BCUT2D eigenvalue weighted by molar-refractivity contribution is 7.10. The molecule has 5 nitrogen and oxygen atoms in total. The maximum atomic E-state index is 12.4. The highest BCUT2D eigenvalue weighted by Gasteiger charge is 2.31. The number of nitrogens with zero attached hydrogens (tertiary/aromatic N) is 4. The Labute approximate surface area is 118 Å². The number of rotatable bonds is 3. The number of aromatic nitrogens is 1. The summed E-state index contributed by atoms with van der Waals surface area (Å²) in [5.41, 5.74) is 2.15. The summed E-state index contributed by atoms with van der Waals surface area (Å²) in [5.74, 6) is 2.53. The molecule has 1 aliphatic heterocycles. The number of hydrogen-bond donors (Lipinski definition) is 0. The third-order valence-corrected chi connectivity index (χ3v) is 4.17. The predicted octanol–water partition coefficient (Wildman–Crippen LogP) is 1.74. The van der Waals surface area contributed by atoms with Crippen molar-refractivity contribution in [2.75, 3.05) is 31.8 Å². The smallest absolute Gasteiger partial charge is 0.300 e. The van der Waals surface area contributed by atoms with Crippen molar-refractivity contribution in [3.05, 3.63) is 11.3 Å². The van der Waals surface area contributed by atoms with Crippen molar-refractivity contribution in [1.29, 1.82) is 0 Å². The van der Waals surface area contributed by atoms with Crippen LogP contribution >= 0.6 is 11.5 Å². The molecule has 1 aromatic heterocycles. The Kier molecular flexibility index (Phi) is 4.08. The minimum atomic E-state index is -0.0366. The lowest BCUT2D eigenvalue weighted by Crippen LogP contribution is -2.57. The van der Waals surface area contributed by atoms with Crippen LogP contribution in [0.5, 0.6) is 0 Å². The molecule has 1 fully saturated rings. The second-order valence-electron chi connectivity index (χ2n) is 4.66. The van der Waals surface area contributed by atoms with Gasteiger partial charge in [-0.05, 0) is 31.9 Å². The maximum Gasteiger partial charge on any atom is 0.328 e. The lowest BCUT2D eigenvalue weighted by molar-refractivity contribution is 0.141. The molecule has 1 aliphatic rings. The Morgan fingerprint density at radius 2 is 2.21 bits per heavy atom. The fourth-order valence-corrected chi connectivity index (χ4v) is 3.14. The monoisotopic (exact) mass is 278 g/mol. The average Bonchev–Trinajstić information content (AvgIpc) is 2.75. The number of urea groups is 1. The van der Waals surface area contributed by atoms with E-state index in [0.717, 1.165) is 22.7 Å². The molecular formula is C13H18N4OS. The molecular weight excluding hydrogens is 260 g/mol. The first-order chi connectivity index (χ1) is 9.08. The zero-order valence-electron chi connectivity index (χ0n) is 11.5. The number of hydrogen-bond acceptors (Lipinski definition) is 4. The lowest BCUT2D eigenvalue weighted by atomic mass is 10.2. The Bertz CT molecular complexity index is 519. The Balaban J connectivity index is 2.29. The van der Waals surface area contributed by atoms with Crippen molar-refractivity contribution in [2.45, 2.75) is 20.3 Å². The first-order valence-corrected chi connectivity index (χ1v) is 6.99. The summed E-state index contributed by atoms with van der Waals surface area (Å²) in [6.07, 6.45) is 6.20. The fraction of sp³-hybridized carbons (Fsp3) is 0.538. The van der Waals surface area contributed by atoms with Crippen LogP contribution in [0.1, 0.15) is 18.2 Å². The summed E-state index contributed by atoms with van der Waals surface area (Å²) >= 11 is 1.38. The molecule has 102 valence electrons. The SMILES string of the molecule is C#CCN1CN(C)CN(c2snc(CC)c2C)C1=O. The average molecular weight is 278 g/mol. The van der Waals surface area contributed by atoms with Gasteiger partial charge in [0.1, 0.15) is 5.00 Å². The third-order valence-electron chi connectivity index (χ3n) is 3.15. The van der Waals surface area contributed by atoms with Crippen molar-refractivity contribution in [1.82, 2.24) is 14.2 Å². The van der Waals surface area contributed by atoms with E-state index in [0.29, 0.717) is 19.9 Å². The zero-order valence-corrected chi connectivity index (χ0v) is 12.3. The molecule has 0 aliphatic carbocycles. The van der Waals surface area contributed by atoms with E-state index in [4.69, 9.17) is 6.42 Å². The predicted molar refractivity (Wildman–Crippen MR) is 77.1 cm³/mol. The molecule has 2 rings (SSSR count). The van der Waals surface area contributed by atoms with Gasteiger partial charge in [-0.1, -0.05) is 12.8 Å². The van der Waals surface area contributed by atoms with Gasteiger partial charge < -0.3 is 4.90 Å². The van der Waals surface area contributed by atoms with Crippen molar-refractivity contribution >= 4 is 22.6 Å². The molecule has 1 aromatic rings. The van der Waals surface area contributed by atoms with Crippen LogP contribution in [0.2, 0.25) is 0 Å². The van der Waals surface area contributed by atoms with Crippen molar-refractivity contribution in [3.63, 3.8) is 0 Å². The van der Waals surface area contributed by atoms with E-state index in [9.17, 15) is 4.79 Å². The molecule has 0 N–H and O–H groups in total. The molecule has 1 saturated heterocycles. The number of carbonyl (C=O) groups is 1. The highest BCUT2D eigenvalue weighted by atomic mass is 32.1. The van der Waals surface area contributed by atoms with Crippen LogP contribution in [-0.2, 0) is 6.42 Å². The highest BCUT2D eigenvalue weighted by Crippen LogP contribution is 2.30. The van der Waals surface area contributed by atoms with E-state index in [1.807, 2.05) is 14.0 Å². The molecule has 2 heterocycles. The first kappa shape index (κ1) is 13.8. The van der Waals surface area contributed by atoms with Gasteiger partial charge in [0.25, 0.3) is 0 Å². The summed E-state index contributed by atoms with van der Waals surface area (Å²) in [7, 11) is 1.97. The molecule has 0 unspecified atom stereocenters. The van der Waals surface area contributed by atoms with Gasteiger partial charge in [0.2, 0.25) is 0 Å². The normalized spacial score (nSPS) is 16.8. The topological polar surface area (TPSA) is 39.7 Å². The van der Waals surface area contributed by atoms with E-state index in [1.54, 1.807) is 9.80 Å². The van der Waals surface area contributed by atoms with Gasteiger partial charge in [-0.2, -0.15) is 4.37 Å². The van der Waals surface area contributed by atoms with Crippen molar-refractivity contribution < 1.29 is 4.79 Å². The molecule has 2 amide bonds. The first-order valence-electron chi connectivity index (χ1n) is 6.22. The molecule has 19 heavy (non-hydrogen) atoms. The maximum absolute atomic E-state index is 12.4. The van der Waals surface area contributed by atoms with Crippen LogP contribution in [0.4, 0.5) is 9.80 Å². The summed E-state index contributed by atoms with van der Waals surface area (Å²) in [4.78, 5) is 17.9. The number of amides is 2. The van der Waals surface area contributed by atoms with Crippen molar-refractivity contribution in [2.24, 2.45) is 0 Å². The molecule has 0 aromatic carbocycles. The van der Waals surface area contributed by atoms with E-state index in [1.165, 1.54) is 11.5 Å². The number of aryl methyl sites for hydroxylation is 1. The molecule has 0 radical (unpaired) electrons. The van der Waals surface area contributed by atoms with Gasteiger partial charge in [0.05, 0.1) is 25.6 Å². The van der Waals surface area contributed by atoms with E-state index in [-0.39, 0.29) is 6.03 Å². The van der Waals surface area contributed by atoms with E-state index in [2.05, 4.69) is 22.1 Å². The van der Waals surface area contributed by atoms with Gasteiger partial charge in [0.15, 0.2) is 0 Å². The molecule has 0 spiro atoms. The minimum Gasteiger partial charge on any atom is -0.300 e. The van der Waals surface area contributed by atoms with Crippen LogP contribution < -0.4 is 4.90 Å². The number of terminal acetylenes is 1. The summed E-state index contributed by atoms with van der Waals surface area (Å²) in [6.45, 7) is 5.56. The van der Waals surface area contributed by atoms with Gasteiger partial charge >= 0.3 is 6.03 Å². The third kappa shape index (κ3) is 2.57. The lowest BCUT2D eigenvalue weighted by Gasteiger charge is -2.39. The van der Waals surface area contributed by atoms with E-state index >= 15 is 0 Å². The molecule has 0 bridgehead atoms. The Morgan fingerprint density at radius 1 is 1.47 bits per heavy atom. The van der Waals surface area contributed by atoms with Crippen LogP contribution in [0, 0.1) is 19.3 Å². The largest absolute Gasteiger partial charge is 0.328 e. The van der Waals surface area contributed by atoms with E-state index < -0.39 is 0 Å². The van der Waals surface area contributed by atoms with Gasteiger partial charge in [-0.15, -0.1) is 6.42 Å².